The fourth-order valence-corrected chi connectivity index (χ4v) is 3.81. The molecule has 132 valence electrons. The molecule has 0 aliphatic carbocycles. The van der Waals surface area contributed by atoms with Crippen molar-refractivity contribution in [3.05, 3.63) is 29.8 Å². The predicted molar refractivity (Wildman–Crippen MR) is 93.6 cm³/mol. The smallest absolute Gasteiger partial charge is 0.229 e. The number of nitrogens with zero attached hydrogens (tertiary/aromatic N) is 1. The van der Waals surface area contributed by atoms with Crippen molar-refractivity contribution in [1.29, 1.82) is 0 Å². The second-order valence-corrected chi connectivity index (χ2v) is 6.73. The second-order valence-electron chi connectivity index (χ2n) is 6.73. The maximum atomic E-state index is 13.1. The lowest BCUT2D eigenvalue weighted by molar-refractivity contribution is -0.137. The lowest BCUT2D eigenvalue weighted by atomic mass is 9.91. The van der Waals surface area contributed by atoms with Gasteiger partial charge in [-0.2, -0.15) is 0 Å². The SMILES string of the molecule is CNCC1CCCN(C(=O)C2CNNC2c2ccc(OC)cc2)C1. The van der Waals surface area contributed by atoms with E-state index in [4.69, 9.17) is 4.74 Å². The van der Waals surface area contributed by atoms with E-state index in [9.17, 15) is 4.79 Å². The van der Waals surface area contributed by atoms with E-state index in [-0.39, 0.29) is 17.9 Å². The fraction of sp³-hybridized carbons (Fsp3) is 0.611. The highest BCUT2D eigenvalue weighted by atomic mass is 16.5. The van der Waals surface area contributed by atoms with E-state index >= 15 is 0 Å². The molecule has 2 aliphatic heterocycles. The van der Waals surface area contributed by atoms with E-state index in [0.717, 1.165) is 37.4 Å². The van der Waals surface area contributed by atoms with Crippen LogP contribution in [0.2, 0.25) is 0 Å². The first-order valence-electron chi connectivity index (χ1n) is 8.78. The summed E-state index contributed by atoms with van der Waals surface area (Å²) in [5.41, 5.74) is 7.54. The molecular formula is C18H28N4O2. The summed E-state index contributed by atoms with van der Waals surface area (Å²) in [6, 6.07) is 7.96. The molecule has 2 fully saturated rings. The number of hydrogen-bond acceptors (Lipinski definition) is 5. The van der Waals surface area contributed by atoms with Crippen LogP contribution in [0, 0.1) is 11.8 Å². The van der Waals surface area contributed by atoms with Gasteiger partial charge in [-0.3, -0.25) is 10.2 Å². The van der Waals surface area contributed by atoms with E-state index in [1.807, 2.05) is 31.3 Å². The molecule has 6 nitrogen and oxygen atoms in total. The normalized spacial score (nSPS) is 27.2. The van der Waals surface area contributed by atoms with E-state index in [1.165, 1.54) is 6.42 Å². The van der Waals surface area contributed by atoms with E-state index in [0.29, 0.717) is 12.5 Å². The average Bonchev–Trinajstić information content (AvgIpc) is 3.11. The molecule has 1 aromatic rings. The molecular weight excluding hydrogens is 304 g/mol. The maximum Gasteiger partial charge on any atom is 0.229 e. The van der Waals surface area contributed by atoms with Gasteiger partial charge in [0.15, 0.2) is 0 Å². The Hall–Kier alpha value is -1.63. The predicted octanol–water partition coefficient (Wildman–Crippen LogP) is 0.918. The third-order valence-electron chi connectivity index (χ3n) is 5.10. The van der Waals surface area contributed by atoms with Crippen LogP contribution in [0.5, 0.6) is 5.75 Å². The number of ether oxygens (including phenoxy) is 1. The standard InChI is InChI=1S/C18H28N4O2/c1-19-10-13-4-3-9-22(12-13)18(23)16-11-20-21-17(16)14-5-7-15(24-2)8-6-14/h5-8,13,16-17,19-21H,3-4,9-12H2,1-2H3. The minimum absolute atomic E-state index is 0.00748. The van der Waals surface area contributed by atoms with Crippen molar-refractivity contribution in [2.75, 3.05) is 40.3 Å². The molecule has 0 saturated carbocycles. The van der Waals surface area contributed by atoms with Gasteiger partial charge in [-0.25, -0.2) is 5.43 Å². The van der Waals surface area contributed by atoms with Gasteiger partial charge >= 0.3 is 0 Å². The van der Waals surface area contributed by atoms with Gasteiger partial charge in [0.2, 0.25) is 5.91 Å². The molecule has 1 aromatic carbocycles. The number of methoxy groups -OCH3 is 1. The number of amides is 1. The van der Waals surface area contributed by atoms with Crippen molar-refractivity contribution in [3.8, 4) is 5.75 Å². The van der Waals surface area contributed by atoms with Crippen LogP contribution in [0.4, 0.5) is 0 Å². The Bertz CT molecular complexity index is 546. The summed E-state index contributed by atoms with van der Waals surface area (Å²) < 4.78 is 5.22. The lowest BCUT2D eigenvalue weighted by Gasteiger charge is -2.35. The quantitative estimate of drug-likeness (QED) is 0.748. The zero-order valence-electron chi connectivity index (χ0n) is 14.5. The van der Waals surface area contributed by atoms with Gasteiger partial charge < -0.3 is 15.0 Å². The number of benzene rings is 1. The van der Waals surface area contributed by atoms with Gasteiger partial charge in [-0.1, -0.05) is 12.1 Å². The number of rotatable bonds is 5. The topological polar surface area (TPSA) is 65.6 Å². The first-order valence-corrected chi connectivity index (χ1v) is 8.78. The third-order valence-corrected chi connectivity index (χ3v) is 5.10. The number of hydrogen-bond donors (Lipinski definition) is 3. The number of likely N-dealkylation sites (tertiary alicyclic amines) is 1. The van der Waals surface area contributed by atoms with E-state index in [2.05, 4.69) is 21.1 Å². The van der Waals surface area contributed by atoms with Crippen molar-refractivity contribution >= 4 is 5.91 Å². The van der Waals surface area contributed by atoms with Gasteiger partial charge in [-0.05, 0) is 50.0 Å². The van der Waals surface area contributed by atoms with Crippen LogP contribution in [-0.2, 0) is 4.79 Å². The molecule has 24 heavy (non-hydrogen) atoms. The van der Waals surface area contributed by atoms with Crippen LogP contribution >= 0.6 is 0 Å². The first kappa shape index (κ1) is 17.2. The van der Waals surface area contributed by atoms with Crippen LogP contribution < -0.4 is 20.9 Å². The molecule has 3 rings (SSSR count). The van der Waals surface area contributed by atoms with Gasteiger partial charge in [0.1, 0.15) is 5.75 Å². The number of hydrazine groups is 1. The Kier molecular flexibility index (Phi) is 5.71. The second kappa shape index (κ2) is 7.96. The molecule has 6 heteroatoms. The summed E-state index contributed by atoms with van der Waals surface area (Å²) in [6.45, 7) is 3.39. The number of carbonyl (C=O) groups is 1. The number of nitrogens with one attached hydrogen (secondary N) is 3. The highest BCUT2D eigenvalue weighted by molar-refractivity contribution is 5.80. The molecule has 1 amide bonds. The molecule has 0 bridgehead atoms. The largest absolute Gasteiger partial charge is 0.497 e. The van der Waals surface area contributed by atoms with Crippen molar-refractivity contribution in [1.82, 2.24) is 21.1 Å². The molecule has 3 unspecified atom stereocenters. The van der Waals surface area contributed by atoms with E-state index in [1.54, 1.807) is 7.11 Å². The Balaban J connectivity index is 1.68. The Labute approximate surface area is 143 Å². The average molecular weight is 332 g/mol. The molecule has 3 atom stereocenters. The number of carbonyl (C=O) groups excluding carboxylic acids is 1. The van der Waals surface area contributed by atoms with Gasteiger partial charge in [-0.15, -0.1) is 0 Å². The summed E-state index contributed by atoms with van der Waals surface area (Å²) in [7, 11) is 3.64. The molecule has 2 saturated heterocycles. The monoisotopic (exact) mass is 332 g/mol. The fourth-order valence-electron chi connectivity index (χ4n) is 3.81. The van der Waals surface area contributed by atoms with Crippen LogP contribution in [0.25, 0.3) is 0 Å². The van der Waals surface area contributed by atoms with E-state index < -0.39 is 0 Å². The van der Waals surface area contributed by atoms with Crippen molar-refractivity contribution in [2.45, 2.75) is 18.9 Å². The summed E-state index contributed by atoms with van der Waals surface area (Å²) in [4.78, 5) is 15.1. The first-order chi connectivity index (χ1) is 11.7. The third kappa shape index (κ3) is 3.71. The summed E-state index contributed by atoms with van der Waals surface area (Å²) >= 11 is 0. The molecule has 3 N–H and O–H groups in total. The lowest BCUT2D eigenvalue weighted by Crippen LogP contribution is -2.46. The van der Waals surface area contributed by atoms with Crippen molar-refractivity contribution in [3.63, 3.8) is 0 Å². The van der Waals surface area contributed by atoms with Crippen LogP contribution in [0.15, 0.2) is 24.3 Å². The minimum Gasteiger partial charge on any atom is -0.497 e. The Morgan fingerprint density at radius 1 is 1.38 bits per heavy atom. The van der Waals surface area contributed by atoms with Gasteiger partial charge in [0, 0.05) is 19.6 Å². The van der Waals surface area contributed by atoms with Crippen molar-refractivity contribution in [2.24, 2.45) is 11.8 Å². The Morgan fingerprint density at radius 3 is 2.88 bits per heavy atom. The minimum atomic E-state index is -0.0632. The number of piperidine rings is 1. The summed E-state index contributed by atoms with van der Waals surface area (Å²) in [5, 5.41) is 3.24. The van der Waals surface area contributed by atoms with Gasteiger partial charge in [0.25, 0.3) is 0 Å². The van der Waals surface area contributed by atoms with Crippen LogP contribution in [-0.4, -0.2) is 51.1 Å². The summed E-state index contributed by atoms with van der Waals surface area (Å²) in [5.74, 6) is 1.59. The van der Waals surface area contributed by atoms with Crippen molar-refractivity contribution < 1.29 is 9.53 Å². The molecule has 2 aliphatic rings. The molecule has 0 aromatic heterocycles. The molecule has 0 spiro atoms. The van der Waals surface area contributed by atoms with Gasteiger partial charge in [0.05, 0.1) is 19.1 Å². The highest BCUT2D eigenvalue weighted by Gasteiger charge is 2.37. The van der Waals surface area contributed by atoms with Crippen LogP contribution in [0.1, 0.15) is 24.4 Å². The molecule has 0 radical (unpaired) electrons. The zero-order valence-corrected chi connectivity index (χ0v) is 14.5. The Morgan fingerprint density at radius 2 is 2.17 bits per heavy atom. The zero-order chi connectivity index (χ0) is 16.9. The maximum absolute atomic E-state index is 13.1. The summed E-state index contributed by atoms with van der Waals surface area (Å²) in [6.07, 6.45) is 2.30. The highest BCUT2D eigenvalue weighted by Crippen LogP contribution is 2.29. The van der Waals surface area contributed by atoms with Crippen LogP contribution in [0.3, 0.4) is 0 Å². The molecule has 2 heterocycles.